The summed E-state index contributed by atoms with van der Waals surface area (Å²) in [6.45, 7) is 6.25. The first-order valence-electron chi connectivity index (χ1n) is 13.7. The first-order valence-corrected chi connectivity index (χ1v) is 15.4. The van der Waals surface area contributed by atoms with E-state index in [4.69, 9.17) is 7.85 Å². The fourth-order valence-electron chi connectivity index (χ4n) is 5.17. The molecule has 4 aromatic carbocycles. The fraction of sp³-hybridized carbons (Fsp3) is 0.171. The van der Waals surface area contributed by atoms with E-state index in [2.05, 4.69) is 114 Å². The van der Waals surface area contributed by atoms with E-state index in [0.717, 1.165) is 17.5 Å². The Morgan fingerprint density at radius 1 is 0.795 bits per heavy atom. The van der Waals surface area contributed by atoms with Crippen LogP contribution < -0.4 is 0 Å². The van der Waals surface area contributed by atoms with Gasteiger partial charge in [0.05, 0.1) is 28.9 Å². The first-order chi connectivity index (χ1) is 19.1. The average Bonchev–Trinajstić information content (AvgIpc) is 3.55. The van der Waals surface area contributed by atoms with Crippen molar-refractivity contribution in [2.45, 2.75) is 30.4 Å². The molecule has 1 aromatic heterocycles. The molecule has 4 heteroatoms. The highest BCUT2D eigenvalue weighted by Crippen LogP contribution is 2.35. The predicted octanol–water partition coefficient (Wildman–Crippen LogP) is 7.38. The Labute approximate surface area is 237 Å². The number of benzene rings is 4. The van der Waals surface area contributed by atoms with Crippen LogP contribution in [0.1, 0.15) is 41.4 Å². The van der Waals surface area contributed by atoms with Crippen LogP contribution in [0.4, 0.5) is 0 Å². The smallest absolute Gasteiger partial charge is 0.0953 e. The van der Waals surface area contributed by atoms with Gasteiger partial charge in [0.15, 0.2) is 0 Å². The summed E-state index contributed by atoms with van der Waals surface area (Å²) in [7, 11) is 5.58. The average molecular weight is 525 g/mol. The third kappa shape index (κ3) is 7.16. The molecule has 0 saturated carbocycles. The zero-order valence-corrected chi connectivity index (χ0v) is 24.2. The van der Waals surface area contributed by atoms with E-state index in [1.54, 1.807) is 0 Å². The Hall–Kier alpha value is -3.89. The van der Waals surface area contributed by atoms with Crippen molar-refractivity contribution < 1.29 is 0 Å². The van der Waals surface area contributed by atoms with E-state index >= 15 is 0 Å². The van der Waals surface area contributed by atoms with Gasteiger partial charge in [0.1, 0.15) is 0 Å². The normalized spacial score (nSPS) is 12.2. The Bertz CT molecular complexity index is 1280. The second-order valence-corrected chi connectivity index (χ2v) is 12.1. The third-order valence-corrected chi connectivity index (χ3v) is 10.5. The number of nitrogens with zero attached hydrogens (tertiary/aromatic N) is 2. The lowest BCUT2D eigenvalue weighted by Crippen LogP contribution is -2.42. The van der Waals surface area contributed by atoms with Crippen LogP contribution in [0.3, 0.4) is 0 Å². The summed E-state index contributed by atoms with van der Waals surface area (Å²) in [5.41, 5.74) is 5.02. The number of rotatable bonds is 10. The molecule has 1 atom stereocenters. The van der Waals surface area contributed by atoms with Crippen LogP contribution in [0.5, 0.6) is 0 Å². The molecule has 1 heterocycles. The van der Waals surface area contributed by atoms with Gasteiger partial charge >= 0.3 is 0 Å². The van der Waals surface area contributed by atoms with Crippen LogP contribution >= 0.6 is 0 Å². The topological polar surface area (TPSA) is 17.8 Å². The van der Waals surface area contributed by atoms with Gasteiger partial charge in [0.2, 0.25) is 0 Å². The van der Waals surface area contributed by atoms with Crippen LogP contribution in [-0.2, 0) is 5.16 Å². The summed E-state index contributed by atoms with van der Waals surface area (Å²) < 4.78 is 2.32. The van der Waals surface area contributed by atoms with Crippen LogP contribution in [0.25, 0.3) is 0 Å². The molecule has 0 aliphatic heterocycles. The van der Waals surface area contributed by atoms with Crippen LogP contribution in [0, 0.1) is 5.92 Å². The summed E-state index contributed by atoms with van der Waals surface area (Å²) in [4.78, 5) is 4.37. The number of hydrogen-bond acceptors (Lipinski definition) is 1. The molecule has 2 nitrogen and oxygen atoms in total. The molecule has 0 saturated heterocycles. The van der Waals surface area contributed by atoms with Crippen molar-refractivity contribution in [3.05, 3.63) is 175 Å². The van der Waals surface area contributed by atoms with Gasteiger partial charge in [-0.1, -0.05) is 140 Å². The predicted molar refractivity (Wildman–Crippen MR) is 169 cm³/mol. The molecule has 39 heavy (non-hydrogen) atoms. The number of aromatic nitrogens is 2. The van der Waals surface area contributed by atoms with Crippen LogP contribution in [0.2, 0.25) is 6.04 Å². The largest absolute Gasteiger partial charge is 0.327 e. The van der Waals surface area contributed by atoms with Crippen LogP contribution in [-0.4, -0.2) is 26.9 Å². The monoisotopic (exact) mass is 524 g/mol. The first kappa shape index (κ1) is 28.1. The minimum Gasteiger partial charge on any atom is -0.327 e. The number of imidazole rings is 1. The second-order valence-electron chi connectivity index (χ2n) is 10.0. The summed E-state index contributed by atoms with van der Waals surface area (Å²) in [6.07, 6.45) is 9.11. The summed E-state index contributed by atoms with van der Waals surface area (Å²) in [5.74, 6) is 0.650. The zero-order valence-electron chi connectivity index (χ0n) is 22.8. The van der Waals surface area contributed by atoms with Gasteiger partial charge in [-0.3, -0.25) is 0 Å². The molecule has 0 spiro atoms. The highest BCUT2D eigenvalue weighted by Gasteiger charge is 2.36. The summed E-state index contributed by atoms with van der Waals surface area (Å²) in [5, 5.41) is -0.103. The fourth-order valence-corrected chi connectivity index (χ4v) is 7.81. The quantitative estimate of drug-likeness (QED) is 0.138. The Morgan fingerprint density at radius 3 is 1.67 bits per heavy atom. The van der Waals surface area contributed by atoms with Crippen LogP contribution in [0.15, 0.2) is 153 Å². The highest BCUT2D eigenvalue weighted by atomic mass is 28.2. The van der Waals surface area contributed by atoms with E-state index in [9.17, 15) is 0 Å². The van der Waals surface area contributed by atoms with Crippen molar-refractivity contribution >= 4 is 17.4 Å². The zero-order chi connectivity index (χ0) is 27.3. The molecule has 1 unspecified atom stereocenters. The van der Waals surface area contributed by atoms with Crippen molar-refractivity contribution in [1.82, 2.24) is 9.55 Å². The van der Waals surface area contributed by atoms with Gasteiger partial charge in [-0.25, -0.2) is 4.98 Å². The maximum atomic E-state index is 6.12. The summed E-state index contributed by atoms with van der Waals surface area (Å²) in [6, 6.07) is 43.3. The van der Waals surface area contributed by atoms with Gasteiger partial charge in [0.25, 0.3) is 0 Å². The van der Waals surface area contributed by atoms with Crippen molar-refractivity contribution in [2.75, 3.05) is 0 Å². The van der Waals surface area contributed by atoms with E-state index in [-0.39, 0.29) is 11.0 Å². The molecule has 0 aliphatic rings. The molecule has 194 valence electrons. The molecule has 0 amide bonds. The van der Waals surface area contributed by atoms with Crippen molar-refractivity contribution in [3.63, 3.8) is 0 Å². The second kappa shape index (κ2) is 14.3. The van der Waals surface area contributed by atoms with Crippen molar-refractivity contribution in [3.8, 4) is 0 Å². The maximum absolute atomic E-state index is 6.12. The van der Waals surface area contributed by atoms with Gasteiger partial charge in [-0.05, 0) is 40.4 Å². The molecule has 5 aromatic rings. The maximum Gasteiger partial charge on any atom is 0.0953 e. The lowest BCUT2D eigenvalue weighted by Gasteiger charge is -2.37. The van der Waals surface area contributed by atoms with E-state index in [0.29, 0.717) is 5.92 Å². The molecular formula is C35H37BN2Si. The Morgan fingerprint density at radius 2 is 1.26 bits per heavy atom. The number of hydrogen-bond donors (Lipinski definition) is 0. The Balaban J connectivity index is 0.000000212. The van der Waals surface area contributed by atoms with Gasteiger partial charge in [-0.15, -0.1) is 6.58 Å². The molecule has 0 N–H and O–H groups in total. The van der Waals surface area contributed by atoms with Crippen molar-refractivity contribution in [1.29, 1.82) is 0 Å². The van der Waals surface area contributed by atoms with E-state index in [1.807, 2.05) is 55.0 Å². The minimum atomic E-state index is -0.540. The SMILES string of the molecule is C=CCC(C)C[SiH2]C(c1ccccc1)(c1ccccc1)n1ccnc1.[B]C(c1ccccc1)c1ccccc1. The third-order valence-electron chi connectivity index (χ3n) is 7.33. The molecule has 0 aliphatic carbocycles. The molecule has 0 fully saturated rings. The Kier molecular flexibility index (Phi) is 10.3. The lowest BCUT2D eigenvalue weighted by molar-refractivity contribution is 0.573. The van der Waals surface area contributed by atoms with E-state index < -0.39 is 9.52 Å². The molecule has 0 bridgehead atoms. The van der Waals surface area contributed by atoms with Gasteiger partial charge < -0.3 is 4.57 Å². The van der Waals surface area contributed by atoms with E-state index in [1.165, 1.54) is 17.2 Å². The van der Waals surface area contributed by atoms with Gasteiger partial charge in [0, 0.05) is 12.4 Å². The molecule has 2 radical (unpaired) electrons. The lowest BCUT2D eigenvalue weighted by atomic mass is 9.76. The summed E-state index contributed by atoms with van der Waals surface area (Å²) >= 11 is 0. The minimum absolute atomic E-state index is 0.0163. The molecule has 5 rings (SSSR count). The highest BCUT2D eigenvalue weighted by molar-refractivity contribution is 6.41. The number of allylic oxidation sites excluding steroid dienone is 1. The standard InChI is InChI=1S/C22H26N2Si.C13H11B/c1-3-10-19(2)17-25-22(24-16-15-23-18-24,20-11-6-4-7-12-20)21-13-8-5-9-14-21;14-13(11-7-3-1-4-8-11)12-9-5-2-6-10-12/h3-9,11-16,18-19H,1,10,17,25H2,2H3;1-10,13H. The van der Waals surface area contributed by atoms with Crippen molar-refractivity contribution in [2.24, 2.45) is 5.92 Å². The molecular weight excluding hydrogens is 487 g/mol. The van der Waals surface area contributed by atoms with Gasteiger partial charge in [-0.2, -0.15) is 0 Å².